The molecular weight excluding hydrogens is 354 g/mol. The van der Waals surface area contributed by atoms with Crippen molar-refractivity contribution in [3.05, 3.63) is 59.7 Å². The molecule has 0 saturated heterocycles. The first-order valence-electron chi connectivity index (χ1n) is 9.93. The van der Waals surface area contributed by atoms with Gasteiger partial charge in [0.05, 0.1) is 5.52 Å². The second-order valence-electron chi connectivity index (χ2n) is 7.48. The van der Waals surface area contributed by atoms with Gasteiger partial charge in [-0.15, -0.1) is 0 Å². The summed E-state index contributed by atoms with van der Waals surface area (Å²) in [6, 6.07) is 11.6. The van der Waals surface area contributed by atoms with Crippen LogP contribution in [0.4, 0.5) is 0 Å². The van der Waals surface area contributed by atoms with E-state index < -0.39 is 0 Å². The molecule has 28 heavy (non-hydrogen) atoms. The molecule has 0 atom stereocenters. The van der Waals surface area contributed by atoms with Gasteiger partial charge in [-0.1, -0.05) is 31.4 Å². The number of carbonyl (C=O) groups is 1. The van der Waals surface area contributed by atoms with E-state index in [-0.39, 0.29) is 12.7 Å². The molecule has 2 aliphatic rings. The summed E-state index contributed by atoms with van der Waals surface area (Å²) in [4.78, 5) is 17.7. The van der Waals surface area contributed by atoms with Crippen LogP contribution < -0.4 is 14.8 Å². The van der Waals surface area contributed by atoms with Gasteiger partial charge in [0.1, 0.15) is 5.82 Å². The van der Waals surface area contributed by atoms with E-state index in [1.807, 2.05) is 42.6 Å². The number of hydrogen-bond acceptors (Lipinski definition) is 4. The van der Waals surface area contributed by atoms with E-state index in [0.29, 0.717) is 18.2 Å². The topological polar surface area (TPSA) is 64.9 Å². The Morgan fingerprint density at radius 2 is 1.96 bits per heavy atom. The lowest BCUT2D eigenvalue weighted by molar-refractivity contribution is 0.0948. The van der Waals surface area contributed by atoms with Crippen LogP contribution in [0.2, 0.25) is 0 Å². The van der Waals surface area contributed by atoms with Crippen molar-refractivity contribution >= 4 is 11.4 Å². The number of benzene rings is 1. The lowest BCUT2D eigenvalue weighted by Gasteiger charge is -2.20. The molecule has 1 saturated carbocycles. The van der Waals surface area contributed by atoms with Crippen molar-refractivity contribution in [2.75, 3.05) is 6.79 Å². The molecule has 1 amide bonds. The Hall–Kier alpha value is -3.02. The summed E-state index contributed by atoms with van der Waals surface area (Å²) in [5, 5.41) is 3.00. The van der Waals surface area contributed by atoms with Gasteiger partial charge in [-0.3, -0.25) is 4.79 Å². The molecule has 1 fully saturated rings. The summed E-state index contributed by atoms with van der Waals surface area (Å²) >= 11 is 0. The Kier molecular flexibility index (Phi) is 4.39. The highest BCUT2D eigenvalue weighted by Crippen LogP contribution is 2.34. The van der Waals surface area contributed by atoms with Gasteiger partial charge in [0.2, 0.25) is 6.79 Å². The molecule has 0 unspecified atom stereocenters. The molecule has 144 valence electrons. The smallest absolute Gasteiger partial charge is 0.272 e. The molecule has 1 N–H and O–H groups in total. The summed E-state index contributed by atoms with van der Waals surface area (Å²) in [6.45, 7) is 0.663. The predicted octanol–water partition coefficient (Wildman–Crippen LogP) is 4.04. The van der Waals surface area contributed by atoms with E-state index in [9.17, 15) is 4.79 Å². The maximum atomic E-state index is 12.9. The van der Waals surface area contributed by atoms with Crippen molar-refractivity contribution in [1.82, 2.24) is 14.7 Å². The molecule has 0 bridgehead atoms. The molecule has 5 rings (SSSR count). The number of carbonyl (C=O) groups excluding carboxylic acids is 1. The third-order valence-electron chi connectivity index (χ3n) is 5.65. The number of aromatic nitrogens is 2. The zero-order valence-electron chi connectivity index (χ0n) is 15.7. The van der Waals surface area contributed by atoms with Crippen molar-refractivity contribution in [1.29, 1.82) is 0 Å². The molecule has 3 heterocycles. The van der Waals surface area contributed by atoms with Gasteiger partial charge < -0.3 is 19.2 Å². The molecule has 2 aromatic heterocycles. The van der Waals surface area contributed by atoms with Crippen LogP contribution in [-0.4, -0.2) is 22.1 Å². The zero-order chi connectivity index (χ0) is 18.9. The highest BCUT2D eigenvalue weighted by Gasteiger charge is 2.24. The molecule has 0 spiro atoms. The lowest BCUT2D eigenvalue weighted by atomic mass is 9.89. The fraction of sp³-hybridized carbons (Fsp3) is 0.364. The average molecular weight is 377 g/mol. The first-order chi connectivity index (χ1) is 13.8. The number of pyridine rings is 1. The Labute approximate surface area is 163 Å². The quantitative estimate of drug-likeness (QED) is 0.745. The van der Waals surface area contributed by atoms with Gasteiger partial charge in [0.25, 0.3) is 5.91 Å². The summed E-state index contributed by atoms with van der Waals surface area (Å²) < 4.78 is 12.8. The predicted molar refractivity (Wildman–Crippen MR) is 105 cm³/mol. The highest BCUT2D eigenvalue weighted by molar-refractivity contribution is 5.99. The minimum atomic E-state index is -0.150. The molecular formula is C22H23N3O3. The standard InChI is InChI=1S/C22H23N3O3/c26-22(23-13-15-9-10-18-19(12-15)28-14-27-18)20-17-8-4-5-11-25(17)21(24-20)16-6-2-1-3-7-16/h4-5,8-12,16H,1-3,6-7,13-14H2,(H,23,26). The van der Waals surface area contributed by atoms with Gasteiger partial charge in [-0.25, -0.2) is 4.98 Å². The van der Waals surface area contributed by atoms with Gasteiger partial charge in [0.15, 0.2) is 17.2 Å². The number of ether oxygens (including phenoxy) is 2. The maximum Gasteiger partial charge on any atom is 0.272 e. The third kappa shape index (κ3) is 3.09. The third-order valence-corrected chi connectivity index (χ3v) is 5.65. The molecule has 6 heteroatoms. The molecule has 3 aromatic rings. The minimum Gasteiger partial charge on any atom is -0.454 e. The van der Waals surface area contributed by atoms with E-state index >= 15 is 0 Å². The van der Waals surface area contributed by atoms with Crippen LogP contribution >= 0.6 is 0 Å². The van der Waals surface area contributed by atoms with E-state index in [2.05, 4.69) is 9.72 Å². The second-order valence-corrected chi connectivity index (χ2v) is 7.48. The summed E-state index contributed by atoms with van der Waals surface area (Å²) in [6.07, 6.45) is 8.07. The summed E-state index contributed by atoms with van der Waals surface area (Å²) in [7, 11) is 0. The number of amides is 1. The van der Waals surface area contributed by atoms with E-state index in [0.717, 1.165) is 41.2 Å². The largest absolute Gasteiger partial charge is 0.454 e. The molecule has 1 aliphatic heterocycles. The second kappa shape index (κ2) is 7.19. The number of nitrogens with zero attached hydrogens (tertiary/aromatic N) is 2. The van der Waals surface area contributed by atoms with Crippen molar-refractivity contribution < 1.29 is 14.3 Å². The van der Waals surface area contributed by atoms with Gasteiger partial charge in [-0.2, -0.15) is 0 Å². The molecule has 1 aliphatic carbocycles. The summed E-state index contributed by atoms with van der Waals surface area (Å²) in [5.74, 6) is 2.76. The normalized spacial score (nSPS) is 16.4. The Morgan fingerprint density at radius 3 is 2.86 bits per heavy atom. The zero-order valence-corrected chi connectivity index (χ0v) is 15.7. The Balaban J connectivity index is 1.38. The van der Waals surface area contributed by atoms with Crippen LogP contribution in [0.3, 0.4) is 0 Å². The lowest BCUT2D eigenvalue weighted by Crippen LogP contribution is -2.23. The monoisotopic (exact) mass is 377 g/mol. The minimum absolute atomic E-state index is 0.150. The van der Waals surface area contributed by atoms with Gasteiger partial charge in [0, 0.05) is 18.7 Å². The molecule has 1 aromatic carbocycles. The van der Waals surface area contributed by atoms with E-state index in [1.54, 1.807) is 0 Å². The van der Waals surface area contributed by atoms with Crippen LogP contribution in [-0.2, 0) is 6.54 Å². The van der Waals surface area contributed by atoms with E-state index in [1.165, 1.54) is 19.3 Å². The maximum absolute atomic E-state index is 12.9. The van der Waals surface area contributed by atoms with Crippen LogP contribution in [0.15, 0.2) is 42.6 Å². The Morgan fingerprint density at radius 1 is 1.11 bits per heavy atom. The van der Waals surface area contributed by atoms with Crippen LogP contribution in [0.5, 0.6) is 11.5 Å². The summed E-state index contributed by atoms with van der Waals surface area (Å²) in [5.41, 5.74) is 2.33. The highest BCUT2D eigenvalue weighted by atomic mass is 16.7. The van der Waals surface area contributed by atoms with E-state index in [4.69, 9.17) is 14.5 Å². The fourth-order valence-electron chi connectivity index (χ4n) is 4.19. The fourth-order valence-corrected chi connectivity index (χ4v) is 4.19. The average Bonchev–Trinajstić information content (AvgIpc) is 3.37. The van der Waals surface area contributed by atoms with Gasteiger partial charge >= 0.3 is 0 Å². The molecule has 6 nitrogen and oxygen atoms in total. The van der Waals surface area contributed by atoms with Crippen LogP contribution in [0.25, 0.3) is 5.52 Å². The Bertz CT molecular complexity index is 1020. The number of hydrogen-bond donors (Lipinski definition) is 1. The number of imidazole rings is 1. The van der Waals surface area contributed by atoms with Crippen molar-refractivity contribution in [3.63, 3.8) is 0 Å². The molecule has 0 radical (unpaired) electrons. The van der Waals surface area contributed by atoms with Gasteiger partial charge in [-0.05, 0) is 42.7 Å². The van der Waals surface area contributed by atoms with Crippen molar-refractivity contribution in [3.8, 4) is 11.5 Å². The van der Waals surface area contributed by atoms with Crippen molar-refractivity contribution in [2.24, 2.45) is 0 Å². The SMILES string of the molecule is O=C(NCc1ccc2c(c1)OCO2)c1nc(C2CCCCC2)n2ccccc12. The number of fused-ring (bicyclic) bond motifs is 2. The number of nitrogens with one attached hydrogen (secondary N) is 1. The van der Waals surface area contributed by atoms with Crippen molar-refractivity contribution in [2.45, 2.75) is 44.6 Å². The first-order valence-corrected chi connectivity index (χ1v) is 9.93. The first kappa shape index (κ1) is 17.1. The van der Waals surface area contributed by atoms with Crippen LogP contribution in [0, 0.1) is 0 Å². The number of rotatable bonds is 4. The van der Waals surface area contributed by atoms with Crippen LogP contribution in [0.1, 0.15) is 59.9 Å².